The fraction of sp³-hybridized carbons (Fsp3) is 0.562. The van der Waals surface area contributed by atoms with Crippen molar-refractivity contribution < 1.29 is 14.5 Å². The van der Waals surface area contributed by atoms with Crippen molar-refractivity contribution in [2.45, 2.75) is 45.6 Å². The molecule has 6 heteroatoms. The molecule has 0 aliphatic heterocycles. The highest BCUT2D eigenvalue weighted by atomic mass is 16.6. The molecule has 2 rings (SSSR count). The maximum Gasteiger partial charge on any atom is 0.311 e. The number of carbonyl (C=O) groups excluding carboxylic acids is 1. The predicted octanol–water partition coefficient (Wildman–Crippen LogP) is 2.98. The molecule has 1 N–H and O–H groups in total. The van der Waals surface area contributed by atoms with Crippen molar-refractivity contribution in [2.75, 3.05) is 6.61 Å². The van der Waals surface area contributed by atoms with E-state index < -0.39 is 4.92 Å². The highest BCUT2D eigenvalue weighted by Crippen LogP contribution is 2.28. The summed E-state index contributed by atoms with van der Waals surface area (Å²) < 4.78 is 5.34. The average Bonchev–Trinajstić information content (AvgIpc) is 2.48. The molecule has 0 bridgehead atoms. The van der Waals surface area contributed by atoms with E-state index in [1.807, 2.05) is 0 Å². The molecule has 1 saturated carbocycles. The summed E-state index contributed by atoms with van der Waals surface area (Å²) in [5.41, 5.74) is 0.665. The van der Waals surface area contributed by atoms with E-state index in [0.717, 1.165) is 24.8 Å². The molecule has 0 spiro atoms. The fourth-order valence-electron chi connectivity index (χ4n) is 2.81. The highest BCUT2D eigenvalue weighted by Gasteiger charge is 2.23. The van der Waals surface area contributed by atoms with Crippen LogP contribution in [0.1, 0.15) is 38.2 Å². The van der Waals surface area contributed by atoms with Crippen LogP contribution in [-0.2, 0) is 4.79 Å². The number of ether oxygens (including phenoxy) is 1. The number of aryl methyl sites for hydroxylation is 1. The zero-order valence-corrected chi connectivity index (χ0v) is 13.0. The lowest BCUT2D eigenvalue weighted by Gasteiger charge is -2.29. The molecule has 1 amide bonds. The largest absolute Gasteiger partial charge is 0.477 e. The summed E-state index contributed by atoms with van der Waals surface area (Å²) in [6, 6.07) is 4.88. The second-order valence-electron chi connectivity index (χ2n) is 5.95. The van der Waals surface area contributed by atoms with Gasteiger partial charge in [-0.15, -0.1) is 0 Å². The van der Waals surface area contributed by atoms with Crippen molar-refractivity contribution in [3.63, 3.8) is 0 Å². The maximum atomic E-state index is 12.0. The summed E-state index contributed by atoms with van der Waals surface area (Å²) in [5.74, 6) is 0.363. The van der Waals surface area contributed by atoms with Gasteiger partial charge in [0.15, 0.2) is 12.4 Å². The molecule has 0 saturated heterocycles. The monoisotopic (exact) mass is 306 g/mol. The molecule has 0 unspecified atom stereocenters. The van der Waals surface area contributed by atoms with E-state index >= 15 is 0 Å². The van der Waals surface area contributed by atoms with Crippen LogP contribution in [-0.4, -0.2) is 23.5 Å². The van der Waals surface area contributed by atoms with Gasteiger partial charge in [-0.3, -0.25) is 14.9 Å². The smallest absolute Gasteiger partial charge is 0.311 e. The summed E-state index contributed by atoms with van der Waals surface area (Å²) in [5, 5.41) is 14.0. The van der Waals surface area contributed by atoms with Crippen LogP contribution in [0.5, 0.6) is 5.75 Å². The quantitative estimate of drug-likeness (QED) is 0.669. The Hall–Kier alpha value is -2.11. The first kappa shape index (κ1) is 16.3. The number of carbonyl (C=O) groups is 1. The molecule has 1 aliphatic rings. The summed E-state index contributed by atoms with van der Waals surface area (Å²) in [6.07, 6.45) is 4.44. The van der Waals surface area contributed by atoms with Gasteiger partial charge in [-0.1, -0.05) is 25.8 Å². The number of nitro groups is 1. The first-order valence-corrected chi connectivity index (χ1v) is 7.64. The maximum absolute atomic E-state index is 12.0. The third-order valence-electron chi connectivity index (χ3n) is 4.13. The van der Waals surface area contributed by atoms with Crippen LogP contribution in [0.25, 0.3) is 0 Å². The Morgan fingerprint density at radius 2 is 2.14 bits per heavy atom. The van der Waals surface area contributed by atoms with Crippen LogP contribution in [0, 0.1) is 23.0 Å². The topological polar surface area (TPSA) is 81.5 Å². The average molecular weight is 306 g/mol. The van der Waals surface area contributed by atoms with E-state index in [2.05, 4.69) is 12.2 Å². The number of benzene rings is 1. The Bertz CT molecular complexity index is 559. The minimum Gasteiger partial charge on any atom is -0.477 e. The summed E-state index contributed by atoms with van der Waals surface area (Å²) in [4.78, 5) is 22.5. The Balaban J connectivity index is 1.92. The molecule has 1 aromatic rings. The van der Waals surface area contributed by atoms with Gasteiger partial charge >= 0.3 is 5.69 Å². The van der Waals surface area contributed by atoms with E-state index in [-0.39, 0.29) is 30.0 Å². The van der Waals surface area contributed by atoms with Crippen LogP contribution in [0.4, 0.5) is 5.69 Å². The molecule has 1 fully saturated rings. The second kappa shape index (κ2) is 7.24. The molecule has 1 aromatic carbocycles. The minimum absolute atomic E-state index is 0.112. The van der Waals surface area contributed by atoms with Crippen LogP contribution in [0.3, 0.4) is 0 Å². The SMILES string of the molecule is Cc1ccc(OCC(=O)N[C@@H]2CCCC[C@@H]2C)c([N+](=O)[O-])c1. The van der Waals surface area contributed by atoms with Gasteiger partial charge in [-0.05, 0) is 37.3 Å². The van der Waals surface area contributed by atoms with E-state index in [4.69, 9.17) is 4.74 Å². The van der Waals surface area contributed by atoms with E-state index in [1.54, 1.807) is 13.0 Å². The lowest BCUT2D eigenvalue weighted by Crippen LogP contribution is -2.43. The van der Waals surface area contributed by atoms with Crippen LogP contribution >= 0.6 is 0 Å². The summed E-state index contributed by atoms with van der Waals surface area (Å²) >= 11 is 0. The Kier molecular flexibility index (Phi) is 5.35. The van der Waals surface area contributed by atoms with Crippen molar-refractivity contribution in [3.05, 3.63) is 33.9 Å². The van der Waals surface area contributed by atoms with Crippen molar-refractivity contribution >= 4 is 11.6 Å². The summed E-state index contributed by atoms with van der Waals surface area (Å²) in [7, 11) is 0. The molecule has 2 atom stereocenters. The van der Waals surface area contributed by atoms with Gasteiger partial charge in [-0.25, -0.2) is 0 Å². The van der Waals surface area contributed by atoms with E-state index in [1.165, 1.54) is 18.6 Å². The molecule has 0 radical (unpaired) electrons. The third kappa shape index (κ3) is 4.19. The highest BCUT2D eigenvalue weighted by molar-refractivity contribution is 5.78. The molecule has 0 heterocycles. The van der Waals surface area contributed by atoms with Gasteiger partial charge < -0.3 is 10.1 Å². The molecule has 120 valence electrons. The van der Waals surface area contributed by atoms with Gasteiger partial charge in [0.1, 0.15) is 0 Å². The van der Waals surface area contributed by atoms with Gasteiger partial charge in [0.2, 0.25) is 0 Å². The van der Waals surface area contributed by atoms with E-state index in [0.29, 0.717) is 5.92 Å². The molecule has 22 heavy (non-hydrogen) atoms. The predicted molar refractivity (Wildman–Crippen MR) is 82.9 cm³/mol. The van der Waals surface area contributed by atoms with Crippen molar-refractivity contribution in [1.82, 2.24) is 5.32 Å². The summed E-state index contributed by atoms with van der Waals surface area (Å²) in [6.45, 7) is 3.71. The molecule has 6 nitrogen and oxygen atoms in total. The van der Waals surface area contributed by atoms with Crippen LogP contribution in [0.15, 0.2) is 18.2 Å². The number of hydrogen-bond donors (Lipinski definition) is 1. The number of amides is 1. The minimum atomic E-state index is -0.497. The Morgan fingerprint density at radius 3 is 2.82 bits per heavy atom. The number of rotatable bonds is 5. The first-order chi connectivity index (χ1) is 10.5. The molecular formula is C16H22N2O4. The number of nitrogens with zero attached hydrogens (tertiary/aromatic N) is 1. The van der Waals surface area contributed by atoms with Gasteiger partial charge in [0.25, 0.3) is 5.91 Å². The van der Waals surface area contributed by atoms with E-state index in [9.17, 15) is 14.9 Å². The zero-order chi connectivity index (χ0) is 16.1. The lowest BCUT2D eigenvalue weighted by atomic mass is 9.86. The number of hydrogen-bond acceptors (Lipinski definition) is 4. The fourth-order valence-corrected chi connectivity index (χ4v) is 2.81. The molecule has 0 aromatic heterocycles. The van der Waals surface area contributed by atoms with Crippen molar-refractivity contribution in [1.29, 1.82) is 0 Å². The van der Waals surface area contributed by atoms with Crippen LogP contribution < -0.4 is 10.1 Å². The first-order valence-electron chi connectivity index (χ1n) is 7.64. The van der Waals surface area contributed by atoms with Crippen molar-refractivity contribution in [3.8, 4) is 5.75 Å². The van der Waals surface area contributed by atoms with Gasteiger partial charge in [-0.2, -0.15) is 0 Å². The molecular weight excluding hydrogens is 284 g/mol. The normalized spacial score (nSPS) is 21.2. The van der Waals surface area contributed by atoms with Crippen LogP contribution in [0.2, 0.25) is 0 Å². The number of nitrogens with one attached hydrogen (secondary N) is 1. The van der Waals surface area contributed by atoms with Gasteiger partial charge in [0, 0.05) is 12.1 Å². The zero-order valence-electron chi connectivity index (χ0n) is 13.0. The van der Waals surface area contributed by atoms with Gasteiger partial charge in [0.05, 0.1) is 4.92 Å². The lowest BCUT2D eigenvalue weighted by molar-refractivity contribution is -0.385. The van der Waals surface area contributed by atoms with Crippen molar-refractivity contribution in [2.24, 2.45) is 5.92 Å². The molecule has 1 aliphatic carbocycles. The Morgan fingerprint density at radius 1 is 1.41 bits per heavy atom. The number of nitro benzene ring substituents is 1. The third-order valence-corrected chi connectivity index (χ3v) is 4.13. The second-order valence-corrected chi connectivity index (χ2v) is 5.95. The standard InChI is InChI=1S/C16H22N2O4/c1-11-7-8-15(14(9-11)18(20)21)22-10-16(19)17-13-6-4-3-5-12(13)2/h7-9,12-13H,3-6,10H2,1-2H3,(H,17,19)/t12-,13+/m0/s1. The Labute approximate surface area is 130 Å².